The fourth-order valence-electron chi connectivity index (χ4n) is 1.52. The monoisotopic (exact) mass is 282 g/mol. The molecule has 0 fully saturated rings. The minimum atomic E-state index is -1.13. The van der Waals surface area contributed by atoms with Crippen molar-refractivity contribution in [1.29, 1.82) is 0 Å². The molecule has 0 aliphatic carbocycles. The first-order valence-corrected chi connectivity index (χ1v) is 5.67. The van der Waals surface area contributed by atoms with Crippen LogP contribution in [0.25, 0.3) is 0 Å². The standard InChI is InChI=1S/C11H14N4O5/c1-5(2)8(11(17)18)14-10-7(9(12)16)3-6(4-13-10)15(19)20/h3-5,8H,1-2H3,(H2,12,16)(H,13,14)(H,17,18). The van der Waals surface area contributed by atoms with Crippen molar-refractivity contribution in [3.8, 4) is 0 Å². The maximum Gasteiger partial charge on any atom is 0.326 e. The largest absolute Gasteiger partial charge is 0.480 e. The SMILES string of the molecule is CC(C)C(Nc1ncc([N+](=O)[O-])cc1C(N)=O)C(=O)O. The zero-order chi connectivity index (χ0) is 15.4. The van der Waals surface area contributed by atoms with Crippen LogP contribution < -0.4 is 11.1 Å². The van der Waals surface area contributed by atoms with Crippen LogP contribution in [0.2, 0.25) is 0 Å². The zero-order valence-electron chi connectivity index (χ0n) is 10.9. The van der Waals surface area contributed by atoms with Crippen LogP contribution in [0, 0.1) is 16.0 Å². The van der Waals surface area contributed by atoms with Gasteiger partial charge in [0.05, 0.1) is 10.5 Å². The maximum absolute atomic E-state index is 11.3. The summed E-state index contributed by atoms with van der Waals surface area (Å²) in [6.07, 6.45) is 0.925. The highest BCUT2D eigenvalue weighted by Gasteiger charge is 2.25. The van der Waals surface area contributed by atoms with Crippen molar-refractivity contribution in [3.63, 3.8) is 0 Å². The predicted octanol–water partition coefficient (Wildman–Crippen LogP) is 0.610. The molecule has 1 aromatic heterocycles. The smallest absolute Gasteiger partial charge is 0.326 e. The molecule has 1 amide bonds. The van der Waals surface area contributed by atoms with Crippen LogP contribution in [0.4, 0.5) is 11.5 Å². The van der Waals surface area contributed by atoms with Crippen molar-refractivity contribution in [1.82, 2.24) is 4.98 Å². The van der Waals surface area contributed by atoms with Gasteiger partial charge in [0.25, 0.3) is 11.6 Å². The molecular weight excluding hydrogens is 268 g/mol. The Labute approximate surface area is 114 Å². The number of carbonyl (C=O) groups is 2. The number of amides is 1. The average Bonchev–Trinajstić information content (AvgIpc) is 2.34. The van der Waals surface area contributed by atoms with Crippen LogP contribution in [0.5, 0.6) is 0 Å². The van der Waals surface area contributed by atoms with E-state index in [1.165, 1.54) is 0 Å². The molecule has 0 bridgehead atoms. The van der Waals surface area contributed by atoms with E-state index in [4.69, 9.17) is 10.8 Å². The number of aliphatic carboxylic acids is 1. The molecule has 1 atom stereocenters. The Kier molecular flexibility index (Phi) is 4.57. The second kappa shape index (κ2) is 5.95. The van der Waals surface area contributed by atoms with E-state index in [-0.39, 0.29) is 17.3 Å². The second-order valence-corrected chi connectivity index (χ2v) is 4.42. The van der Waals surface area contributed by atoms with Crippen molar-refractivity contribution in [2.24, 2.45) is 11.7 Å². The first-order chi connectivity index (χ1) is 9.23. The number of pyridine rings is 1. The lowest BCUT2D eigenvalue weighted by Gasteiger charge is -2.19. The predicted molar refractivity (Wildman–Crippen MR) is 69.3 cm³/mol. The van der Waals surface area contributed by atoms with Gasteiger partial charge in [-0.1, -0.05) is 13.8 Å². The molecule has 0 saturated heterocycles. The first kappa shape index (κ1) is 15.3. The number of nitrogens with two attached hydrogens (primary N) is 1. The normalized spacial score (nSPS) is 11.9. The van der Waals surface area contributed by atoms with E-state index in [1.54, 1.807) is 13.8 Å². The van der Waals surface area contributed by atoms with Gasteiger partial charge in [0.2, 0.25) is 0 Å². The number of nitrogens with one attached hydrogen (secondary N) is 1. The minimum Gasteiger partial charge on any atom is -0.480 e. The third-order valence-corrected chi connectivity index (χ3v) is 2.57. The Morgan fingerprint density at radius 2 is 2.10 bits per heavy atom. The van der Waals surface area contributed by atoms with Gasteiger partial charge >= 0.3 is 5.97 Å². The third-order valence-electron chi connectivity index (χ3n) is 2.57. The van der Waals surface area contributed by atoms with Crippen LogP contribution in [-0.2, 0) is 4.79 Å². The van der Waals surface area contributed by atoms with Gasteiger partial charge in [-0.05, 0) is 5.92 Å². The summed E-state index contributed by atoms with van der Waals surface area (Å²) in [6.45, 7) is 3.34. The lowest BCUT2D eigenvalue weighted by atomic mass is 10.0. The fraction of sp³-hybridized carbons (Fsp3) is 0.364. The van der Waals surface area contributed by atoms with Crippen LogP contribution >= 0.6 is 0 Å². The first-order valence-electron chi connectivity index (χ1n) is 5.67. The van der Waals surface area contributed by atoms with Crippen LogP contribution in [0.1, 0.15) is 24.2 Å². The van der Waals surface area contributed by atoms with E-state index in [1.807, 2.05) is 0 Å². The number of carboxylic acids is 1. The van der Waals surface area contributed by atoms with Crippen molar-refractivity contribution in [2.75, 3.05) is 5.32 Å². The Bertz CT molecular complexity index is 558. The molecule has 1 aromatic rings. The highest BCUT2D eigenvalue weighted by Crippen LogP contribution is 2.20. The van der Waals surface area contributed by atoms with Gasteiger partial charge in [-0.2, -0.15) is 0 Å². The lowest BCUT2D eigenvalue weighted by molar-refractivity contribution is -0.385. The van der Waals surface area contributed by atoms with Crippen LogP contribution in [0.3, 0.4) is 0 Å². The Morgan fingerprint density at radius 3 is 2.50 bits per heavy atom. The number of carboxylic acid groups (broad SMARTS) is 1. The van der Waals surface area contributed by atoms with Gasteiger partial charge in [0.1, 0.15) is 18.1 Å². The molecule has 108 valence electrons. The number of hydrogen-bond acceptors (Lipinski definition) is 6. The number of anilines is 1. The van der Waals surface area contributed by atoms with Gasteiger partial charge in [0.15, 0.2) is 0 Å². The molecule has 9 nitrogen and oxygen atoms in total. The molecule has 9 heteroatoms. The topological polar surface area (TPSA) is 148 Å². The molecule has 1 rings (SSSR count). The number of aromatic nitrogens is 1. The summed E-state index contributed by atoms with van der Waals surface area (Å²) in [6, 6.07) is -0.0428. The number of hydrogen-bond donors (Lipinski definition) is 3. The number of nitrogens with zero attached hydrogens (tertiary/aromatic N) is 2. The van der Waals surface area contributed by atoms with E-state index >= 15 is 0 Å². The van der Waals surface area contributed by atoms with Crippen LogP contribution in [0.15, 0.2) is 12.3 Å². The van der Waals surface area contributed by atoms with E-state index in [0.29, 0.717) is 0 Å². The van der Waals surface area contributed by atoms with Crippen molar-refractivity contribution < 1.29 is 19.6 Å². The quantitative estimate of drug-likeness (QED) is 0.511. The molecule has 0 aliphatic heterocycles. The highest BCUT2D eigenvalue weighted by atomic mass is 16.6. The highest BCUT2D eigenvalue weighted by molar-refractivity contribution is 5.98. The maximum atomic E-state index is 11.3. The third kappa shape index (κ3) is 3.40. The molecule has 20 heavy (non-hydrogen) atoms. The molecular formula is C11H14N4O5. The molecule has 0 aromatic carbocycles. The number of carbonyl (C=O) groups excluding carboxylic acids is 1. The summed E-state index contributed by atoms with van der Waals surface area (Å²) in [5, 5.41) is 22.2. The van der Waals surface area contributed by atoms with Gasteiger partial charge in [-0.3, -0.25) is 14.9 Å². The summed E-state index contributed by atoms with van der Waals surface area (Å²) >= 11 is 0. The molecule has 4 N–H and O–H groups in total. The molecule has 1 unspecified atom stereocenters. The summed E-state index contributed by atoms with van der Waals surface area (Å²) in [4.78, 5) is 36.0. The Balaban J connectivity index is 3.20. The van der Waals surface area contributed by atoms with Gasteiger partial charge in [-0.15, -0.1) is 0 Å². The summed E-state index contributed by atoms with van der Waals surface area (Å²) in [7, 11) is 0. The van der Waals surface area contributed by atoms with E-state index in [0.717, 1.165) is 12.3 Å². The second-order valence-electron chi connectivity index (χ2n) is 4.42. The van der Waals surface area contributed by atoms with Crippen molar-refractivity contribution in [3.05, 3.63) is 27.9 Å². The number of rotatable bonds is 6. The van der Waals surface area contributed by atoms with Crippen LogP contribution in [-0.4, -0.2) is 32.9 Å². The summed E-state index contributed by atoms with van der Waals surface area (Å²) < 4.78 is 0. The Morgan fingerprint density at radius 1 is 1.50 bits per heavy atom. The Hall–Kier alpha value is -2.71. The lowest BCUT2D eigenvalue weighted by Crippen LogP contribution is -2.35. The van der Waals surface area contributed by atoms with Crippen molar-refractivity contribution >= 4 is 23.4 Å². The van der Waals surface area contributed by atoms with E-state index < -0.39 is 28.5 Å². The summed E-state index contributed by atoms with van der Waals surface area (Å²) in [5.74, 6) is -2.44. The molecule has 0 aliphatic rings. The fourth-order valence-corrected chi connectivity index (χ4v) is 1.52. The average molecular weight is 282 g/mol. The number of primary amides is 1. The molecule has 0 saturated carbocycles. The van der Waals surface area contributed by atoms with E-state index in [2.05, 4.69) is 10.3 Å². The van der Waals surface area contributed by atoms with Gasteiger partial charge in [0, 0.05) is 6.07 Å². The molecule has 1 heterocycles. The van der Waals surface area contributed by atoms with Gasteiger partial charge < -0.3 is 16.2 Å². The number of nitro groups is 1. The van der Waals surface area contributed by atoms with Crippen molar-refractivity contribution in [2.45, 2.75) is 19.9 Å². The molecule has 0 spiro atoms. The van der Waals surface area contributed by atoms with Gasteiger partial charge in [-0.25, -0.2) is 9.78 Å². The summed E-state index contributed by atoms with van der Waals surface area (Å²) in [5.41, 5.74) is 4.49. The van der Waals surface area contributed by atoms with E-state index in [9.17, 15) is 19.7 Å². The minimum absolute atomic E-state index is 0.0933. The molecule has 0 radical (unpaired) electrons. The zero-order valence-corrected chi connectivity index (χ0v) is 10.9.